The summed E-state index contributed by atoms with van der Waals surface area (Å²) in [5.41, 5.74) is 1.98. The summed E-state index contributed by atoms with van der Waals surface area (Å²) < 4.78 is 0. The van der Waals surface area contributed by atoms with Crippen molar-refractivity contribution in [3.63, 3.8) is 0 Å². The average molecular weight is 209 g/mol. The molecular weight excluding hydrogens is 194 g/mol. The number of nitrogens with zero attached hydrogens (tertiary/aromatic N) is 1. The molecule has 1 heteroatoms. The molecule has 0 aliphatic heterocycles. The van der Waals surface area contributed by atoms with Crippen LogP contribution in [0.4, 0.5) is 0 Å². The zero-order valence-electron chi connectivity index (χ0n) is 9.26. The predicted octanol–water partition coefficient (Wildman–Crippen LogP) is 3.87. The number of hydrogen-bond acceptors (Lipinski definition) is 1. The quantitative estimate of drug-likeness (QED) is 0.645. The molecule has 80 valence electrons. The van der Waals surface area contributed by atoms with Crippen LogP contribution < -0.4 is 0 Å². The van der Waals surface area contributed by atoms with E-state index in [9.17, 15) is 5.26 Å². The van der Waals surface area contributed by atoms with Gasteiger partial charge in [0.1, 0.15) is 0 Å². The molecule has 16 heavy (non-hydrogen) atoms. The summed E-state index contributed by atoms with van der Waals surface area (Å²) in [6, 6.07) is 2.31. The lowest BCUT2D eigenvalue weighted by Crippen LogP contribution is -2.03. The minimum Gasteiger partial charge on any atom is -0.197 e. The SMILES string of the molecule is C=C/C=C(\C=C)C(C#N)C1=CC=CC=CC1. The molecule has 1 aliphatic carbocycles. The molecular formula is C15H15N. The summed E-state index contributed by atoms with van der Waals surface area (Å²) in [5.74, 6) is -0.233. The maximum atomic E-state index is 9.24. The second-order valence-electron chi connectivity index (χ2n) is 3.43. The second kappa shape index (κ2) is 6.42. The average Bonchev–Trinajstić information content (AvgIpc) is 2.58. The summed E-state index contributed by atoms with van der Waals surface area (Å²) in [4.78, 5) is 0. The van der Waals surface area contributed by atoms with Gasteiger partial charge in [0.2, 0.25) is 0 Å². The molecule has 1 aliphatic rings. The van der Waals surface area contributed by atoms with E-state index in [0.29, 0.717) is 0 Å². The highest BCUT2D eigenvalue weighted by Crippen LogP contribution is 2.25. The van der Waals surface area contributed by atoms with Gasteiger partial charge in [-0.1, -0.05) is 61.8 Å². The van der Waals surface area contributed by atoms with E-state index in [-0.39, 0.29) is 5.92 Å². The summed E-state index contributed by atoms with van der Waals surface area (Å²) in [6.07, 6.45) is 16.0. The molecule has 1 rings (SSSR count). The van der Waals surface area contributed by atoms with E-state index in [1.807, 2.05) is 36.5 Å². The van der Waals surface area contributed by atoms with Crippen LogP contribution in [0.1, 0.15) is 6.42 Å². The third kappa shape index (κ3) is 2.96. The molecule has 0 radical (unpaired) electrons. The Morgan fingerprint density at radius 2 is 2.19 bits per heavy atom. The molecule has 0 saturated heterocycles. The van der Waals surface area contributed by atoms with Gasteiger partial charge in [0.05, 0.1) is 12.0 Å². The van der Waals surface area contributed by atoms with Gasteiger partial charge in [0.15, 0.2) is 0 Å². The number of allylic oxidation sites excluding steroid dienone is 10. The molecule has 1 nitrogen and oxygen atoms in total. The molecule has 0 N–H and O–H groups in total. The molecule has 0 saturated carbocycles. The summed E-state index contributed by atoms with van der Waals surface area (Å²) in [5, 5.41) is 9.24. The van der Waals surface area contributed by atoms with Crippen LogP contribution in [0.3, 0.4) is 0 Å². The smallest absolute Gasteiger partial charge is 0.0928 e. The molecule has 0 fully saturated rings. The Labute approximate surface area is 97.1 Å². The van der Waals surface area contributed by atoms with Crippen molar-refractivity contribution >= 4 is 0 Å². The Kier molecular flexibility index (Phi) is 4.82. The third-order valence-corrected chi connectivity index (χ3v) is 2.40. The van der Waals surface area contributed by atoms with Crippen LogP contribution in [0.5, 0.6) is 0 Å². The van der Waals surface area contributed by atoms with E-state index in [1.54, 1.807) is 12.2 Å². The zero-order valence-corrected chi connectivity index (χ0v) is 9.26. The van der Waals surface area contributed by atoms with Gasteiger partial charge in [0, 0.05) is 0 Å². The maximum absolute atomic E-state index is 9.24. The van der Waals surface area contributed by atoms with Gasteiger partial charge in [-0.05, 0) is 17.6 Å². The lowest BCUT2D eigenvalue weighted by molar-refractivity contribution is 0.898. The Hall–Kier alpha value is -2.07. The first-order chi connectivity index (χ1) is 7.83. The lowest BCUT2D eigenvalue weighted by Gasteiger charge is -2.12. The van der Waals surface area contributed by atoms with Crippen LogP contribution in [-0.4, -0.2) is 0 Å². The van der Waals surface area contributed by atoms with Crippen molar-refractivity contribution in [2.75, 3.05) is 0 Å². The highest BCUT2D eigenvalue weighted by Gasteiger charge is 2.15. The van der Waals surface area contributed by atoms with Crippen LogP contribution in [0.15, 0.2) is 72.9 Å². The van der Waals surface area contributed by atoms with E-state index >= 15 is 0 Å². The molecule has 0 aromatic rings. The molecule has 0 heterocycles. The van der Waals surface area contributed by atoms with Crippen molar-refractivity contribution < 1.29 is 0 Å². The van der Waals surface area contributed by atoms with Crippen LogP contribution >= 0.6 is 0 Å². The van der Waals surface area contributed by atoms with Crippen molar-refractivity contribution in [3.05, 3.63) is 72.9 Å². The number of nitriles is 1. The molecule has 0 spiro atoms. The Morgan fingerprint density at radius 3 is 2.81 bits per heavy atom. The van der Waals surface area contributed by atoms with Gasteiger partial charge in [-0.25, -0.2) is 0 Å². The highest BCUT2D eigenvalue weighted by atomic mass is 14.3. The van der Waals surface area contributed by atoms with Crippen molar-refractivity contribution in [2.24, 2.45) is 5.92 Å². The number of hydrogen-bond donors (Lipinski definition) is 0. The van der Waals surface area contributed by atoms with E-state index in [2.05, 4.69) is 19.2 Å². The van der Waals surface area contributed by atoms with Gasteiger partial charge in [0.25, 0.3) is 0 Å². The molecule has 0 amide bonds. The minimum atomic E-state index is -0.233. The Morgan fingerprint density at radius 1 is 1.38 bits per heavy atom. The predicted molar refractivity (Wildman–Crippen MR) is 68.6 cm³/mol. The first-order valence-electron chi connectivity index (χ1n) is 5.20. The van der Waals surface area contributed by atoms with Crippen molar-refractivity contribution in [3.8, 4) is 6.07 Å². The van der Waals surface area contributed by atoms with Gasteiger partial charge in [-0.3, -0.25) is 0 Å². The lowest BCUT2D eigenvalue weighted by atomic mass is 9.89. The van der Waals surface area contributed by atoms with Gasteiger partial charge >= 0.3 is 0 Å². The monoisotopic (exact) mass is 209 g/mol. The van der Waals surface area contributed by atoms with E-state index in [4.69, 9.17) is 0 Å². The Balaban J connectivity index is 3.03. The third-order valence-electron chi connectivity index (χ3n) is 2.40. The Bertz CT molecular complexity index is 425. The second-order valence-corrected chi connectivity index (χ2v) is 3.43. The fourth-order valence-electron chi connectivity index (χ4n) is 1.60. The van der Waals surface area contributed by atoms with Gasteiger partial charge in [-0.15, -0.1) is 0 Å². The standard InChI is InChI=1S/C15H15N/c1-3-9-13(4-2)15(12-16)14-10-7-5-6-8-11-14/h3-10,15H,1-2,11H2/b13-9+. The van der Waals surface area contributed by atoms with Crippen LogP contribution in [0.2, 0.25) is 0 Å². The normalized spacial score (nSPS) is 16.9. The fourth-order valence-corrected chi connectivity index (χ4v) is 1.60. The molecule has 0 aromatic carbocycles. The largest absolute Gasteiger partial charge is 0.197 e. The maximum Gasteiger partial charge on any atom is 0.0928 e. The van der Waals surface area contributed by atoms with E-state index in [1.165, 1.54) is 0 Å². The van der Waals surface area contributed by atoms with Crippen LogP contribution in [-0.2, 0) is 0 Å². The zero-order chi connectivity index (χ0) is 11.8. The fraction of sp³-hybridized carbons (Fsp3) is 0.133. The molecule has 1 unspecified atom stereocenters. The summed E-state index contributed by atoms with van der Waals surface area (Å²) in [7, 11) is 0. The minimum absolute atomic E-state index is 0.233. The van der Waals surface area contributed by atoms with E-state index < -0.39 is 0 Å². The van der Waals surface area contributed by atoms with E-state index in [0.717, 1.165) is 17.6 Å². The molecule has 1 atom stereocenters. The molecule has 0 aromatic heterocycles. The van der Waals surface area contributed by atoms with Gasteiger partial charge in [-0.2, -0.15) is 5.26 Å². The van der Waals surface area contributed by atoms with Crippen molar-refractivity contribution in [1.29, 1.82) is 5.26 Å². The summed E-state index contributed by atoms with van der Waals surface area (Å²) in [6.45, 7) is 7.38. The highest BCUT2D eigenvalue weighted by molar-refractivity contribution is 5.39. The number of rotatable bonds is 4. The first-order valence-corrected chi connectivity index (χ1v) is 5.20. The first kappa shape index (κ1) is 12.0. The van der Waals surface area contributed by atoms with Crippen molar-refractivity contribution in [2.45, 2.75) is 6.42 Å². The van der Waals surface area contributed by atoms with Gasteiger partial charge < -0.3 is 0 Å². The topological polar surface area (TPSA) is 23.8 Å². The van der Waals surface area contributed by atoms with Crippen LogP contribution in [0.25, 0.3) is 0 Å². The van der Waals surface area contributed by atoms with Crippen LogP contribution in [0, 0.1) is 17.2 Å². The van der Waals surface area contributed by atoms with Crippen molar-refractivity contribution in [1.82, 2.24) is 0 Å². The molecule has 0 bridgehead atoms. The summed E-state index contributed by atoms with van der Waals surface area (Å²) >= 11 is 0.